The summed E-state index contributed by atoms with van der Waals surface area (Å²) in [5.41, 5.74) is -0.0133. The number of hydrogen-bond acceptors (Lipinski definition) is 4. The summed E-state index contributed by atoms with van der Waals surface area (Å²) < 4.78 is 71.1. The molecule has 0 aliphatic carbocycles. The molecular formula is C19H21F3N2O5S. The molecule has 2 aromatic rings. The van der Waals surface area contributed by atoms with Crippen molar-refractivity contribution >= 4 is 16.2 Å². The minimum Gasteiger partial charge on any atom is -0.481 e. The lowest BCUT2D eigenvalue weighted by atomic mass is 9.99. The zero-order chi connectivity index (χ0) is 22.7. The predicted octanol–water partition coefficient (Wildman–Crippen LogP) is 3.07. The van der Waals surface area contributed by atoms with Gasteiger partial charge in [-0.1, -0.05) is 18.2 Å². The van der Waals surface area contributed by atoms with E-state index >= 15 is 0 Å². The van der Waals surface area contributed by atoms with Gasteiger partial charge in [-0.2, -0.15) is 30.2 Å². The Kier molecular flexibility index (Phi) is 7.11. The molecule has 2 aromatic carbocycles. The summed E-state index contributed by atoms with van der Waals surface area (Å²) in [6, 6.07) is 8.92. The first kappa shape index (κ1) is 23.6. The third kappa shape index (κ3) is 5.71. The van der Waals surface area contributed by atoms with Crippen LogP contribution in [0.5, 0.6) is 5.75 Å². The fraction of sp³-hybridized carbons (Fsp3) is 0.316. The molecule has 0 amide bonds. The van der Waals surface area contributed by atoms with Crippen molar-refractivity contribution in [2.24, 2.45) is 0 Å². The van der Waals surface area contributed by atoms with Gasteiger partial charge in [-0.25, -0.2) is 4.79 Å². The first-order valence-corrected chi connectivity index (χ1v) is 10.0. The van der Waals surface area contributed by atoms with E-state index in [1.807, 2.05) is 0 Å². The summed E-state index contributed by atoms with van der Waals surface area (Å²) in [6.45, 7) is -0.730. The molecule has 0 aliphatic heterocycles. The number of ether oxygens (including phenoxy) is 1. The molecule has 0 bridgehead atoms. The highest BCUT2D eigenvalue weighted by Crippen LogP contribution is 2.36. The van der Waals surface area contributed by atoms with Gasteiger partial charge >= 0.3 is 12.1 Å². The van der Waals surface area contributed by atoms with Gasteiger partial charge in [0.2, 0.25) is 0 Å². The molecule has 2 rings (SSSR count). The largest absolute Gasteiger partial charge is 0.481 e. The van der Waals surface area contributed by atoms with Crippen LogP contribution in [-0.2, 0) is 27.7 Å². The summed E-state index contributed by atoms with van der Waals surface area (Å²) in [4.78, 5) is 10.8. The number of alkyl halides is 3. The second kappa shape index (κ2) is 9.02. The molecule has 0 fully saturated rings. The Morgan fingerprint density at radius 1 is 1.10 bits per heavy atom. The van der Waals surface area contributed by atoms with E-state index in [1.54, 1.807) is 0 Å². The number of carbonyl (C=O) groups is 1. The molecular weight excluding hydrogens is 425 g/mol. The number of halogens is 3. The highest BCUT2D eigenvalue weighted by Gasteiger charge is 2.30. The maximum Gasteiger partial charge on any atom is 0.416 e. The average molecular weight is 446 g/mol. The molecule has 0 unspecified atom stereocenters. The highest BCUT2D eigenvalue weighted by atomic mass is 32.2. The Bertz CT molecular complexity index is 1020. The van der Waals surface area contributed by atoms with E-state index in [0.717, 1.165) is 20.7 Å². The Hall–Kier alpha value is -2.63. The van der Waals surface area contributed by atoms with Gasteiger partial charge in [-0.3, -0.25) is 0 Å². The molecule has 0 atom stereocenters. The van der Waals surface area contributed by atoms with Gasteiger partial charge in [-0.15, -0.1) is 0 Å². The van der Waals surface area contributed by atoms with E-state index in [0.29, 0.717) is 5.56 Å². The zero-order valence-corrected chi connectivity index (χ0v) is 17.3. The molecule has 11 heteroatoms. The number of carboxylic acids is 1. The molecule has 0 heterocycles. The second-order valence-electron chi connectivity index (χ2n) is 6.64. The minimum absolute atomic E-state index is 0.0499. The number of rotatable bonds is 8. The van der Waals surface area contributed by atoms with Gasteiger partial charge in [0, 0.05) is 33.3 Å². The number of carboxylic acid groups (broad SMARTS) is 1. The van der Waals surface area contributed by atoms with Gasteiger partial charge in [-0.05, 0) is 35.4 Å². The van der Waals surface area contributed by atoms with Crippen LogP contribution in [0, 0.1) is 0 Å². The zero-order valence-electron chi connectivity index (χ0n) is 16.5. The maximum absolute atomic E-state index is 13.1. The van der Waals surface area contributed by atoms with Crippen molar-refractivity contribution in [3.05, 3.63) is 53.6 Å². The van der Waals surface area contributed by atoms with Crippen LogP contribution in [0.2, 0.25) is 0 Å². The van der Waals surface area contributed by atoms with Crippen LogP contribution in [-0.4, -0.2) is 55.9 Å². The van der Waals surface area contributed by atoms with Crippen molar-refractivity contribution in [1.29, 1.82) is 0 Å². The number of benzene rings is 2. The summed E-state index contributed by atoms with van der Waals surface area (Å²) in [5, 5.41) is 8.85. The summed E-state index contributed by atoms with van der Waals surface area (Å²) in [6.07, 6.45) is -4.56. The lowest BCUT2D eigenvalue weighted by Crippen LogP contribution is -2.36. The van der Waals surface area contributed by atoms with Crippen molar-refractivity contribution in [1.82, 2.24) is 8.61 Å². The molecule has 30 heavy (non-hydrogen) atoms. The maximum atomic E-state index is 13.1. The molecule has 0 saturated heterocycles. The van der Waals surface area contributed by atoms with Crippen LogP contribution in [0.3, 0.4) is 0 Å². The van der Waals surface area contributed by atoms with Gasteiger partial charge < -0.3 is 9.84 Å². The van der Waals surface area contributed by atoms with Crippen molar-refractivity contribution in [3.8, 4) is 16.9 Å². The summed E-state index contributed by atoms with van der Waals surface area (Å²) in [5.74, 6) is -1.18. The summed E-state index contributed by atoms with van der Waals surface area (Å²) >= 11 is 0. The molecule has 0 radical (unpaired) electrons. The first-order valence-electron chi connectivity index (χ1n) is 8.61. The Balaban J connectivity index is 2.50. The predicted molar refractivity (Wildman–Crippen MR) is 104 cm³/mol. The first-order chi connectivity index (χ1) is 13.8. The molecule has 0 aromatic heterocycles. The van der Waals surface area contributed by atoms with E-state index in [1.165, 1.54) is 51.5 Å². The Morgan fingerprint density at radius 2 is 1.77 bits per heavy atom. The Morgan fingerprint density at radius 3 is 2.33 bits per heavy atom. The topological polar surface area (TPSA) is 87.2 Å². The fourth-order valence-corrected chi connectivity index (χ4v) is 3.52. The standard InChI is InChI=1S/C19H21F3N2O5S/c1-23(2)30(27,28)24(3)11-13-7-8-17(29-12-18(25)26)16(9-13)14-5-4-6-15(10-14)19(20,21)22/h4-10H,11-12H2,1-3H3,(H,25,26). The van der Waals surface area contributed by atoms with Crippen molar-refractivity contribution in [2.75, 3.05) is 27.7 Å². The monoisotopic (exact) mass is 446 g/mol. The van der Waals surface area contributed by atoms with Crippen molar-refractivity contribution in [2.45, 2.75) is 12.7 Å². The highest BCUT2D eigenvalue weighted by molar-refractivity contribution is 7.86. The lowest BCUT2D eigenvalue weighted by Gasteiger charge is -2.22. The molecule has 0 saturated carbocycles. The van der Waals surface area contributed by atoms with Gasteiger partial charge in [0.05, 0.1) is 5.56 Å². The third-order valence-electron chi connectivity index (χ3n) is 4.16. The van der Waals surface area contributed by atoms with E-state index in [4.69, 9.17) is 9.84 Å². The van der Waals surface area contributed by atoms with Crippen LogP contribution in [0.25, 0.3) is 11.1 Å². The van der Waals surface area contributed by atoms with E-state index in [2.05, 4.69) is 0 Å². The second-order valence-corrected chi connectivity index (χ2v) is 8.89. The van der Waals surface area contributed by atoms with Crippen LogP contribution >= 0.6 is 0 Å². The van der Waals surface area contributed by atoms with Crippen LogP contribution < -0.4 is 4.74 Å². The quantitative estimate of drug-likeness (QED) is 0.674. The minimum atomic E-state index is -4.56. The van der Waals surface area contributed by atoms with Gasteiger partial charge in [0.25, 0.3) is 10.2 Å². The van der Waals surface area contributed by atoms with Crippen molar-refractivity contribution in [3.63, 3.8) is 0 Å². The van der Waals surface area contributed by atoms with Crippen LogP contribution in [0.4, 0.5) is 13.2 Å². The molecule has 0 spiro atoms. The third-order valence-corrected chi connectivity index (χ3v) is 6.00. The van der Waals surface area contributed by atoms with E-state index < -0.39 is 34.5 Å². The number of nitrogens with zero attached hydrogens (tertiary/aromatic N) is 2. The SMILES string of the molecule is CN(C)S(=O)(=O)N(C)Cc1ccc(OCC(=O)O)c(-c2cccc(C(F)(F)F)c2)c1. The van der Waals surface area contributed by atoms with Gasteiger partial charge in [0.1, 0.15) is 5.75 Å². The molecule has 7 nitrogen and oxygen atoms in total. The Labute approximate surface area is 172 Å². The fourth-order valence-electron chi connectivity index (χ4n) is 2.65. The lowest BCUT2D eigenvalue weighted by molar-refractivity contribution is -0.139. The summed E-state index contributed by atoms with van der Waals surface area (Å²) in [7, 11) is 0.423. The molecule has 0 aliphatic rings. The molecule has 1 N–H and O–H groups in total. The normalized spacial score (nSPS) is 12.4. The van der Waals surface area contributed by atoms with Crippen molar-refractivity contribution < 1.29 is 36.2 Å². The van der Waals surface area contributed by atoms with E-state index in [9.17, 15) is 26.4 Å². The number of hydrogen-bond donors (Lipinski definition) is 1. The van der Waals surface area contributed by atoms with Crippen LogP contribution in [0.1, 0.15) is 11.1 Å². The molecule has 164 valence electrons. The van der Waals surface area contributed by atoms with Gasteiger partial charge in [0.15, 0.2) is 6.61 Å². The van der Waals surface area contributed by atoms with Crippen LogP contribution in [0.15, 0.2) is 42.5 Å². The average Bonchev–Trinajstić information content (AvgIpc) is 2.66. The smallest absolute Gasteiger partial charge is 0.416 e. The van der Waals surface area contributed by atoms with E-state index in [-0.39, 0.29) is 23.4 Å². The number of aliphatic carboxylic acids is 1.